The van der Waals surface area contributed by atoms with Gasteiger partial charge < -0.3 is 10.2 Å². The van der Waals surface area contributed by atoms with Gasteiger partial charge in [-0.05, 0) is 39.8 Å². The van der Waals surface area contributed by atoms with E-state index >= 15 is 0 Å². The Hall–Kier alpha value is -1.99. The summed E-state index contributed by atoms with van der Waals surface area (Å²) < 4.78 is 0. The van der Waals surface area contributed by atoms with Crippen LogP contribution in [-0.4, -0.2) is 22.9 Å². The normalized spacial score (nSPS) is 11.7. The van der Waals surface area contributed by atoms with Crippen molar-refractivity contribution in [1.29, 1.82) is 5.26 Å². The SMILES string of the molecule is CCN(/C=C(/C#N)C(=O)Nc1ccccc1Cl)C(C)(C)C. The first-order valence-electron chi connectivity index (χ1n) is 6.74. The maximum atomic E-state index is 12.2. The van der Waals surface area contributed by atoms with Gasteiger partial charge in [-0.2, -0.15) is 5.26 Å². The van der Waals surface area contributed by atoms with Crippen LogP contribution in [0, 0.1) is 11.3 Å². The van der Waals surface area contributed by atoms with Crippen molar-refractivity contribution in [3.05, 3.63) is 41.1 Å². The number of hydrogen-bond acceptors (Lipinski definition) is 3. The van der Waals surface area contributed by atoms with Crippen LogP contribution in [0.5, 0.6) is 0 Å². The molecule has 0 saturated heterocycles. The number of halogens is 1. The maximum Gasteiger partial charge on any atom is 0.267 e. The predicted octanol–water partition coefficient (Wildman–Crippen LogP) is 3.81. The summed E-state index contributed by atoms with van der Waals surface area (Å²) in [6.07, 6.45) is 1.59. The molecule has 0 atom stereocenters. The number of carbonyl (C=O) groups excluding carboxylic acids is 1. The third-order valence-electron chi connectivity index (χ3n) is 2.97. The van der Waals surface area contributed by atoms with Gasteiger partial charge in [0.05, 0.1) is 10.7 Å². The maximum absolute atomic E-state index is 12.2. The average Bonchev–Trinajstić information content (AvgIpc) is 2.41. The molecule has 5 heteroatoms. The average molecular weight is 306 g/mol. The second-order valence-electron chi connectivity index (χ2n) is 5.55. The van der Waals surface area contributed by atoms with Gasteiger partial charge >= 0.3 is 0 Å². The van der Waals surface area contributed by atoms with Gasteiger partial charge in [0.1, 0.15) is 11.6 Å². The van der Waals surface area contributed by atoms with Gasteiger partial charge in [-0.25, -0.2) is 0 Å². The number of nitriles is 1. The molecule has 112 valence electrons. The molecule has 0 unspecified atom stereocenters. The van der Waals surface area contributed by atoms with Crippen LogP contribution in [-0.2, 0) is 4.79 Å². The number of carbonyl (C=O) groups is 1. The van der Waals surface area contributed by atoms with E-state index in [9.17, 15) is 10.1 Å². The molecule has 0 aliphatic rings. The Labute approximate surface area is 131 Å². The molecule has 0 aliphatic heterocycles. The number of nitrogens with one attached hydrogen (secondary N) is 1. The van der Waals surface area contributed by atoms with E-state index < -0.39 is 5.91 Å². The molecule has 0 heterocycles. The first kappa shape index (κ1) is 17.1. The molecular formula is C16H20ClN3O. The smallest absolute Gasteiger partial charge is 0.267 e. The lowest BCUT2D eigenvalue weighted by Gasteiger charge is -2.33. The van der Waals surface area contributed by atoms with Crippen LogP contribution in [0.25, 0.3) is 0 Å². The van der Waals surface area contributed by atoms with E-state index in [2.05, 4.69) is 5.32 Å². The molecule has 1 N–H and O–H groups in total. The van der Waals surface area contributed by atoms with Crippen molar-refractivity contribution in [3.63, 3.8) is 0 Å². The van der Waals surface area contributed by atoms with Crippen molar-refractivity contribution in [2.75, 3.05) is 11.9 Å². The summed E-state index contributed by atoms with van der Waals surface area (Å²) in [7, 11) is 0. The number of rotatable bonds is 4. The largest absolute Gasteiger partial charge is 0.372 e. The van der Waals surface area contributed by atoms with Crippen LogP contribution in [0.1, 0.15) is 27.7 Å². The Morgan fingerprint density at radius 2 is 2.05 bits per heavy atom. The lowest BCUT2D eigenvalue weighted by molar-refractivity contribution is -0.112. The minimum Gasteiger partial charge on any atom is -0.372 e. The minimum atomic E-state index is -0.465. The van der Waals surface area contributed by atoms with Gasteiger partial charge in [0.15, 0.2) is 0 Å². The van der Waals surface area contributed by atoms with Crippen LogP contribution in [0.3, 0.4) is 0 Å². The zero-order valence-electron chi connectivity index (χ0n) is 12.8. The molecule has 0 fully saturated rings. The number of amides is 1. The van der Waals surface area contributed by atoms with Crippen molar-refractivity contribution in [2.45, 2.75) is 33.2 Å². The molecule has 0 spiro atoms. The minimum absolute atomic E-state index is 0.0479. The molecule has 0 radical (unpaired) electrons. The Kier molecular flexibility index (Phi) is 5.80. The summed E-state index contributed by atoms with van der Waals surface area (Å²) >= 11 is 5.99. The Morgan fingerprint density at radius 3 is 2.52 bits per heavy atom. The Bertz CT molecular complexity index is 582. The van der Waals surface area contributed by atoms with E-state index in [1.54, 1.807) is 30.5 Å². The van der Waals surface area contributed by atoms with Crippen LogP contribution in [0.2, 0.25) is 5.02 Å². The van der Waals surface area contributed by atoms with Crippen molar-refractivity contribution in [2.24, 2.45) is 0 Å². The van der Waals surface area contributed by atoms with Crippen LogP contribution in [0.4, 0.5) is 5.69 Å². The number of hydrogen-bond donors (Lipinski definition) is 1. The number of anilines is 1. The molecule has 0 bridgehead atoms. The third kappa shape index (κ3) is 4.80. The zero-order chi connectivity index (χ0) is 16.0. The first-order valence-corrected chi connectivity index (χ1v) is 7.12. The fourth-order valence-electron chi connectivity index (χ4n) is 1.81. The summed E-state index contributed by atoms with van der Waals surface area (Å²) in [5, 5.41) is 12.3. The van der Waals surface area contributed by atoms with Gasteiger partial charge in [-0.15, -0.1) is 0 Å². The fourth-order valence-corrected chi connectivity index (χ4v) is 1.99. The highest BCUT2D eigenvalue weighted by Gasteiger charge is 2.19. The molecule has 1 aromatic rings. The number of para-hydroxylation sites is 1. The summed E-state index contributed by atoms with van der Waals surface area (Å²) in [6.45, 7) is 8.74. The van der Waals surface area contributed by atoms with E-state index in [1.165, 1.54) is 0 Å². The predicted molar refractivity (Wildman–Crippen MR) is 85.9 cm³/mol. The molecule has 0 saturated carbocycles. The van der Waals surface area contributed by atoms with Gasteiger partial charge in [0.25, 0.3) is 5.91 Å². The fraction of sp³-hybridized carbons (Fsp3) is 0.375. The summed E-state index contributed by atoms with van der Waals surface area (Å²) in [4.78, 5) is 14.1. The molecule has 0 aliphatic carbocycles. The zero-order valence-corrected chi connectivity index (χ0v) is 13.5. The summed E-state index contributed by atoms with van der Waals surface area (Å²) in [5.41, 5.74) is 0.373. The molecule has 1 amide bonds. The van der Waals surface area contributed by atoms with Crippen LogP contribution < -0.4 is 5.32 Å². The van der Waals surface area contributed by atoms with E-state index in [1.807, 2.05) is 38.7 Å². The van der Waals surface area contributed by atoms with E-state index in [0.29, 0.717) is 17.3 Å². The topological polar surface area (TPSA) is 56.1 Å². The Balaban J connectivity index is 2.98. The summed E-state index contributed by atoms with van der Waals surface area (Å²) in [6, 6.07) is 8.86. The number of benzene rings is 1. The molecule has 1 aromatic carbocycles. The quantitative estimate of drug-likeness (QED) is 0.680. The summed E-state index contributed by atoms with van der Waals surface area (Å²) in [5.74, 6) is -0.465. The highest BCUT2D eigenvalue weighted by atomic mass is 35.5. The van der Waals surface area contributed by atoms with Crippen LogP contribution >= 0.6 is 11.6 Å². The molecule has 21 heavy (non-hydrogen) atoms. The highest BCUT2D eigenvalue weighted by molar-refractivity contribution is 6.33. The molecule has 0 aromatic heterocycles. The second-order valence-corrected chi connectivity index (χ2v) is 5.95. The van der Waals surface area contributed by atoms with E-state index in [4.69, 9.17) is 11.6 Å². The van der Waals surface area contributed by atoms with Gasteiger partial charge in [-0.1, -0.05) is 23.7 Å². The number of nitrogens with zero attached hydrogens (tertiary/aromatic N) is 2. The molecular weight excluding hydrogens is 286 g/mol. The molecule has 1 rings (SSSR count). The molecule has 4 nitrogen and oxygen atoms in total. The first-order chi connectivity index (χ1) is 9.79. The van der Waals surface area contributed by atoms with Crippen molar-refractivity contribution < 1.29 is 4.79 Å². The van der Waals surface area contributed by atoms with E-state index in [0.717, 1.165) is 0 Å². The van der Waals surface area contributed by atoms with Crippen molar-refractivity contribution in [1.82, 2.24) is 4.90 Å². The van der Waals surface area contributed by atoms with Crippen LogP contribution in [0.15, 0.2) is 36.0 Å². The second kappa shape index (κ2) is 7.14. The van der Waals surface area contributed by atoms with Gasteiger partial charge in [0.2, 0.25) is 0 Å². The van der Waals surface area contributed by atoms with Crippen molar-refractivity contribution >= 4 is 23.2 Å². The lowest BCUT2D eigenvalue weighted by Crippen LogP contribution is -2.37. The standard InChI is InChI=1S/C16H20ClN3O/c1-5-20(16(2,3)4)11-12(10-18)15(21)19-14-9-7-6-8-13(14)17/h6-9,11H,5H2,1-4H3,(H,19,21)/b12-11-. The highest BCUT2D eigenvalue weighted by Crippen LogP contribution is 2.21. The van der Waals surface area contributed by atoms with Gasteiger partial charge in [0, 0.05) is 18.3 Å². The Morgan fingerprint density at radius 1 is 1.43 bits per heavy atom. The van der Waals surface area contributed by atoms with Gasteiger partial charge in [-0.3, -0.25) is 4.79 Å². The monoisotopic (exact) mass is 305 g/mol. The lowest BCUT2D eigenvalue weighted by atomic mass is 10.1. The van der Waals surface area contributed by atoms with E-state index in [-0.39, 0.29) is 11.1 Å². The third-order valence-corrected chi connectivity index (χ3v) is 3.30. The van der Waals surface area contributed by atoms with Crippen molar-refractivity contribution in [3.8, 4) is 6.07 Å².